The Kier molecular flexibility index (Phi) is 10.0. The Morgan fingerprint density at radius 3 is 1.86 bits per heavy atom. The van der Waals surface area contributed by atoms with Gasteiger partial charge in [0.15, 0.2) is 0 Å². The van der Waals surface area contributed by atoms with Crippen molar-refractivity contribution in [3.8, 4) is 0 Å². The second kappa shape index (κ2) is 11.6. The summed E-state index contributed by atoms with van der Waals surface area (Å²) in [5, 5.41) is 20.1. The molecule has 2 atom stereocenters. The molecule has 0 aliphatic rings. The van der Waals surface area contributed by atoms with Crippen LogP contribution in [0.2, 0.25) is 0 Å². The molecule has 5 heteroatoms. The Labute approximate surface area is 133 Å². The summed E-state index contributed by atoms with van der Waals surface area (Å²) in [6, 6.07) is 10.0. The van der Waals surface area contributed by atoms with Crippen molar-refractivity contribution in [1.29, 1.82) is 0 Å². The van der Waals surface area contributed by atoms with Gasteiger partial charge in [0.05, 0.1) is 25.4 Å². The molecule has 0 bridgehead atoms. The molecule has 5 nitrogen and oxygen atoms in total. The number of hydrogen-bond acceptors (Lipinski definition) is 5. The first-order chi connectivity index (χ1) is 10.7. The first-order valence-electron chi connectivity index (χ1n) is 7.93. The van der Waals surface area contributed by atoms with E-state index >= 15 is 0 Å². The molecule has 0 aliphatic carbocycles. The molecule has 0 saturated carbocycles. The molecular weight excluding hydrogens is 282 g/mol. The Morgan fingerprint density at radius 2 is 1.41 bits per heavy atom. The maximum Gasteiger partial charge on any atom is 0.0900 e. The molecule has 2 N–H and O–H groups in total. The molecule has 0 amide bonds. The van der Waals surface area contributed by atoms with E-state index in [0.717, 1.165) is 5.56 Å². The minimum absolute atomic E-state index is 0.309. The number of nitrogens with zero attached hydrogens (tertiary/aromatic N) is 1. The highest BCUT2D eigenvalue weighted by Crippen LogP contribution is 2.07. The molecule has 0 heterocycles. The van der Waals surface area contributed by atoms with Crippen molar-refractivity contribution in [3.63, 3.8) is 0 Å². The Hall–Kier alpha value is -0.980. The Balaban J connectivity index is 2.55. The lowest BCUT2D eigenvalue weighted by molar-refractivity contribution is -0.00878. The SMILES string of the molecule is CCOCC(O)CN(Cc1ccccc1)CC(O)COCC. The van der Waals surface area contributed by atoms with Crippen LogP contribution in [0.25, 0.3) is 0 Å². The van der Waals surface area contributed by atoms with Crippen molar-refractivity contribution < 1.29 is 19.7 Å². The summed E-state index contributed by atoms with van der Waals surface area (Å²) >= 11 is 0. The number of aliphatic hydroxyl groups is 2. The maximum absolute atomic E-state index is 10.0. The third-order valence-corrected chi connectivity index (χ3v) is 3.22. The summed E-state index contributed by atoms with van der Waals surface area (Å²) in [4.78, 5) is 2.03. The third-order valence-electron chi connectivity index (χ3n) is 3.22. The van der Waals surface area contributed by atoms with Gasteiger partial charge in [-0.15, -0.1) is 0 Å². The van der Waals surface area contributed by atoms with E-state index in [1.165, 1.54) is 0 Å². The van der Waals surface area contributed by atoms with E-state index in [-0.39, 0.29) is 0 Å². The molecule has 1 aromatic carbocycles. The molecule has 22 heavy (non-hydrogen) atoms. The van der Waals surface area contributed by atoms with E-state index in [1.807, 2.05) is 49.1 Å². The van der Waals surface area contributed by atoms with Gasteiger partial charge in [0, 0.05) is 32.8 Å². The zero-order valence-corrected chi connectivity index (χ0v) is 13.6. The normalized spacial score (nSPS) is 14.2. The van der Waals surface area contributed by atoms with Crippen LogP contribution in [0.3, 0.4) is 0 Å². The molecular formula is C17H29NO4. The van der Waals surface area contributed by atoms with Crippen LogP contribution in [-0.4, -0.2) is 66.8 Å². The summed E-state index contributed by atoms with van der Waals surface area (Å²) in [6.07, 6.45) is -1.13. The summed E-state index contributed by atoms with van der Waals surface area (Å²) in [6.45, 7) is 7.18. The number of ether oxygens (including phenoxy) is 2. The largest absolute Gasteiger partial charge is 0.389 e. The van der Waals surface area contributed by atoms with E-state index in [0.29, 0.717) is 46.1 Å². The van der Waals surface area contributed by atoms with Crippen LogP contribution in [0, 0.1) is 0 Å². The van der Waals surface area contributed by atoms with Crippen molar-refractivity contribution in [2.45, 2.75) is 32.6 Å². The lowest BCUT2D eigenvalue weighted by Gasteiger charge is -2.27. The molecule has 0 spiro atoms. The van der Waals surface area contributed by atoms with E-state index in [2.05, 4.69) is 0 Å². The van der Waals surface area contributed by atoms with E-state index < -0.39 is 12.2 Å². The topological polar surface area (TPSA) is 62.2 Å². The van der Waals surface area contributed by atoms with Crippen molar-refractivity contribution in [3.05, 3.63) is 35.9 Å². The van der Waals surface area contributed by atoms with Crippen LogP contribution in [0.1, 0.15) is 19.4 Å². The maximum atomic E-state index is 10.0. The van der Waals surface area contributed by atoms with Crippen LogP contribution in [0.5, 0.6) is 0 Å². The first kappa shape index (κ1) is 19.1. The fraction of sp³-hybridized carbons (Fsp3) is 0.647. The minimum atomic E-state index is -0.567. The van der Waals surface area contributed by atoms with E-state index in [1.54, 1.807) is 0 Å². The molecule has 0 aromatic heterocycles. The molecule has 2 unspecified atom stereocenters. The highest BCUT2D eigenvalue weighted by atomic mass is 16.5. The lowest BCUT2D eigenvalue weighted by atomic mass is 10.2. The molecule has 126 valence electrons. The predicted molar refractivity (Wildman–Crippen MR) is 86.7 cm³/mol. The quantitative estimate of drug-likeness (QED) is 0.609. The van der Waals surface area contributed by atoms with Crippen LogP contribution in [0.15, 0.2) is 30.3 Å². The summed E-state index contributed by atoms with van der Waals surface area (Å²) in [5.74, 6) is 0. The van der Waals surface area contributed by atoms with E-state index in [4.69, 9.17) is 9.47 Å². The Morgan fingerprint density at radius 1 is 0.909 bits per heavy atom. The van der Waals surface area contributed by atoms with E-state index in [9.17, 15) is 10.2 Å². The van der Waals surface area contributed by atoms with Gasteiger partial charge >= 0.3 is 0 Å². The highest BCUT2D eigenvalue weighted by Gasteiger charge is 2.16. The van der Waals surface area contributed by atoms with Crippen LogP contribution >= 0.6 is 0 Å². The molecule has 0 radical (unpaired) electrons. The monoisotopic (exact) mass is 311 g/mol. The molecule has 1 aromatic rings. The number of hydrogen-bond donors (Lipinski definition) is 2. The summed E-state index contributed by atoms with van der Waals surface area (Å²) in [7, 11) is 0. The van der Waals surface area contributed by atoms with Crippen LogP contribution in [-0.2, 0) is 16.0 Å². The van der Waals surface area contributed by atoms with Gasteiger partial charge in [-0.3, -0.25) is 4.90 Å². The van der Waals surface area contributed by atoms with Gasteiger partial charge in [0.2, 0.25) is 0 Å². The van der Waals surface area contributed by atoms with Crippen molar-refractivity contribution in [1.82, 2.24) is 4.90 Å². The van der Waals surface area contributed by atoms with Crippen molar-refractivity contribution in [2.24, 2.45) is 0 Å². The summed E-state index contributed by atoms with van der Waals surface area (Å²) in [5.41, 5.74) is 1.15. The van der Waals surface area contributed by atoms with Gasteiger partial charge in [-0.05, 0) is 19.4 Å². The fourth-order valence-corrected chi connectivity index (χ4v) is 2.25. The number of benzene rings is 1. The average molecular weight is 311 g/mol. The van der Waals surface area contributed by atoms with Gasteiger partial charge < -0.3 is 19.7 Å². The highest BCUT2D eigenvalue weighted by molar-refractivity contribution is 5.14. The average Bonchev–Trinajstić information content (AvgIpc) is 2.51. The molecule has 0 saturated heterocycles. The first-order valence-corrected chi connectivity index (χ1v) is 7.93. The van der Waals surface area contributed by atoms with Gasteiger partial charge in [-0.2, -0.15) is 0 Å². The fourth-order valence-electron chi connectivity index (χ4n) is 2.25. The van der Waals surface area contributed by atoms with Gasteiger partial charge in [-0.25, -0.2) is 0 Å². The molecule has 1 rings (SSSR count). The van der Waals surface area contributed by atoms with Crippen LogP contribution in [0.4, 0.5) is 0 Å². The minimum Gasteiger partial charge on any atom is -0.389 e. The van der Waals surface area contributed by atoms with Crippen molar-refractivity contribution >= 4 is 0 Å². The second-order valence-electron chi connectivity index (χ2n) is 5.31. The van der Waals surface area contributed by atoms with Crippen LogP contribution < -0.4 is 0 Å². The number of rotatable bonds is 12. The molecule has 0 fully saturated rings. The Bertz CT molecular complexity index is 358. The lowest BCUT2D eigenvalue weighted by Crippen LogP contribution is -2.40. The number of aliphatic hydroxyl groups excluding tert-OH is 2. The molecule has 0 aliphatic heterocycles. The zero-order chi connectivity index (χ0) is 16.2. The van der Waals surface area contributed by atoms with Gasteiger partial charge in [-0.1, -0.05) is 30.3 Å². The second-order valence-corrected chi connectivity index (χ2v) is 5.31. The van der Waals surface area contributed by atoms with Gasteiger partial charge in [0.25, 0.3) is 0 Å². The standard InChI is InChI=1S/C17H29NO4/c1-3-21-13-16(19)11-18(12-17(20)14-22-4-2)10-15-8-6-5-7-9-15/h5-9,16-17,19-20H,3-4,10-14H2,1-2H3. The third kappa shape index (κ3) is 8.46. The summed E-state index contributed by atoms with van der Waals surface area (Å²) < 4.78 is 10.5. The van der Waals surface area contributed by atoms with Crippen molar-refractivity contribution in [2.75, 3.05) is 39.5 Å². The van der Waals surface area contributed by atoms with Gasteiger partial charge in [0.1, 0.15) is 0 Å². The zero-order valence-electron chi connectivity index (χ0n) is 13.6. The predicted octanol–water partition coefficient (Wildman–Crippen LogP) is 1.28. The smallest absolute Gasteiger partial charge is 0.0900 e.